The minimum absolute atomic E-state index is 0. The van der Waals surface area contributed by atoms with Crippen molar-refractivity contribution in [1.29, 1.82) is 0 Å². The molecule has 12 N–H and O–H groups in total. The lowest BCUT2D eigenvalue weighted by Crippen LogP contribution is -2.29. The SMILES string of the molecule is C.[2H]C([2H])(C)C[C@H](N)C(=O)O.[2H]C([2H])(C)[C@H](N)C(=O)O.[2H]C([2H])(C)[C@]([2H])(N)C(=O)O.[2H][C@](N)(CC)C(=O)O. The lowest BCUT2D eigenvalue weighted by molar-refractivity contribution is -0.139. The van der Waals surface area contributed by atoms with Crippen LogP contribution in [0.25, 0.3) is 0 Å². The molecular formula is C18H42N4O8. The van der Waals surface area contributed by atoms with Gasteiger partial charge in [0.2, 0.25) is 0 Å². The van der Waals surface area contributed by atoms with Crippen LogP contribution in [0.5, 0.6) is 0 Å². The second kappa shape index (κ2) is 24.8. The van der Waals surface area contributed by atoms with Crippen LogP contribution in [-0.2, 0) is 19.2 Å². The largest absolute Gasteiger partial charge is 0.480 e. The van der Waals surface area contributed by atoms with Crippen LogP contribution in [0.2, 0.25) is 0 Å². The molecule has 0 fully saturated rings. The van der Waals surface area contributed by atoms with Crippen molar-refractivity contribution in [2.75, 3.05) is 0 Å². The molecule has 0 aliphatic rings. The Hall–Kier alpha value is -2.28. The van der Waals surface area contributed by atoms with Crippen LogP contribution < -0.4 is 22.9 Å². The first-order chi connectivity index (χ1) is 15.9. The lowest BCUT2D eigenvalue weighted by Gasteiger charge is -2.00. The first-order valence-electron chi connectivity index (χ1n) is 11.9. The van der Waals surface area contributed by atoms with Crippen molar-refractivity contribution < 1.29 is 50.6 Å². The highest BCUT2D eigenvalue weighted by Crippen LogP contribution is 1.91. The van der Waals surface area contributed by atoms with E-state index < -0.39 is 67.1 Å². The highest BCUT2D eigenvalue weighted by Gasteiger charge is 2.08. The van der Waals surface area contributed by atoms with Gasteiger partial charge < -0.3 is 43.4 Å². The average molecular weight is 451 g/mol. The Morgan fingerprint density at radius 1 is 0.733 bits per heavy atom. The Labute approximate surface area is 189 Å². The molecule has 0 bridgehead atoms. The fourth-order valence-corrected chi connectivity index (χ4v) is 0.689. The summed E-state index contributed by atoms with van der Waals surface area (Å²) in [4.78, 5) is 40.1. The first-order valence-corrected chi connectivity index (χ1v) is 7.89. The number of carbonyl (C=O) groups is 4. The summed E-state index contributed by atoms with van der Waals surface area (Å²) in [5, 5.41) is 32.8. The van der Waals surface area contributed by atoms with Crippen molar-refractivity contribution in [1.82, 2.24) is 0 Å². The molecule has 12 heteroatoms. The predicted octanol–water partition coefficient (Wildman–Crippen LogP) is 0.259. The van der Waals surface area contributed by atoms with Gasteiger partial charge in [0.25, 0.3) is 0 Å². The van der Waals surface area contributed by atoms with E-state index in [1.54, 1.807) is 6.92 Å². The molecule has 0 radical (unpaired) electrons. The number of nitrogens with two attached hydrogens (primary N) is 4. The Bertz CT molecular complexity index is 754. The molecular weight excluding hydrogens is 400 g/mol. The van der Waals surface area contributed by atoms with Crippen LogP contribution >= 0.6 is 0 Å². The highest BCUT2D eigenvalue weighted by atomic mass is 16.4. The Morgan fingerprint density at radius 2 is 1.10 bits per heavy atom. The van der Waals surface area contributed by atoms with Crippen LogP contribution in [-0.4, -0.2) is 68.4 Å². The minimum atomic E-state index is -2.56. The second-order valence-corrected chi connectivity index (χ2v) is 4.76. The maximum absolute atomic E-state index is 10.1. The van der Waals surface area contributed by atoms with Crippen molar-refractivity contribution in [3.8, 4) is 0 Å². The quantitative estimate of drug-likeness (QED) is 0.235. The van der Waals surface area contributed by atoms with Crippen LogP contribution in [0.1, 0.15) is 78.0 Å². The molecule has 0 unspecified atom stereocenters. The van der Waals surface area contributed by atoms with E-state index in [-0.39, 0.29) is 20.3 Å². The summed E-state index contributed by atoms with van der Waals surface area (Å²) in [7, 11) is 0. The van der Waals surface area contributed by atoms with Gasteiger partial charge in [0, 0.05) is 8.22 Å². The van der Waals surface area contributed by atoms with E-state index >= 15 is 0 Å². The van der Waals surface area contributed by atoms with E-state index in [9.17, 15) is 19.2 Å². The third-order valence-corrected chi connectivity index (χ3v) is 2.47. The molecule has 0 rings (SSSR count). The molecule has 0 aromatic carbocycles. The molecule has 0 aromatic heterocycles. The van der Waals surface area contributed by atoms with Gasteiger partial charge in [-0.2, -0.15) is 0 Å². The standard InChI is InChI=1S/C5H11NO2.3C4H9NO2.CH4/c1-2-3-4(6)5(7)8;3*1-2-3(5)4(6)7;/h4H,2-3,6H2,1H3,(H,7,8);3*3H,2,5H2,1H3,(H,6,7);1H4/t4-;3*3-;/m0000./s1/i2D2;2D2,3D;3D;2D2;. The van der Waals surface area contributed by atoms with Gasteiger partial charge in [-0.05, 0) is 25.6 Å². The maximum Gasteiger partial charge on any atom is 0.320 e. The molecule has 0 saturated heterocycles. The molecule has 0 saturated carbocycles. The number of aliphatic carboxylic acids is 4. The number of carboxylic acid groups (broad SMARTS) is 4. The van der Waals surface area contributed by atoms with Gasteiger partial charge in [-0.15, -0.1) is 0 Å². The van der Waals surface area contributed by atoms with Gasteiger partial charge in [-0.1, -0.05) is 41.5 Å². The number of hydrogen-bond donors (Lipinski definition) is 8. The summed E-state index contributed by atoms with van der Waals surface area (Å²) in [6, 6.07) is -6.88. The van der Waals surface area contributed by atoms with Gasteiger partial charge in [0.1, 0.15) is 24.1 Å². The molecule has 30 heavy (non-hydrogen) atoms. The fraction of sp³-hybridized carbons (Fsp3) is 0.778. The monoisotopic (exact) mass is 450 g/mol. The van der Waals surface area contributed by atoms with Crippen molar-refractivity contribution in [2.45, 2.75) is 91.2 Å². The van der Waals surface area contributed by atoms with E-state index in [0.29, 0.717) is 0 Å². The number of carboxylic acids is 4. The molecule has 182 valence electrons. The van der Waals surface area contributed by atoms with Gasteiger partial charge in [-0.3, -0.25) is 19.2 Å². The Balaban J connectivity index is -0.000000127. The average Bonchev–Trinajstić information content (AvgIpc) is 2.65. The molecule has 0 aliphatic heterocycles. The second-order valence-electron chi connectivity index (χ2n) is 4.76. The van der Waals surface area contributed by atoms with E-state index in [0.717, 1.165) is 13.8 Å². The van der Waals surface area contributed by atoms with Gasteiger partial charge in [0.15, 0.2) is 0 Å². The zero-order valence-electron chi connectivity index (χ0n) is 24.8. The summed E-state index contributed by atoms with van der Waals surface area (Å²) in [6.07, 6.45) is -5.60. The van der Waals surface area contributed by atoms with Crippen LogP contribution in [0.3, 0.4) is 0 Å². The number of rotatable bonds is 9. The van der Waals surface area contributed by atoms with Gasteiger partial charge >= 0.3 is 23.9 Å². The molecule has 12 nitrogen and oxygen atoms in total. The fourth-order valence-electron chi connectivity index (χ4n) is 0.689. The molecule has 0 heterocycles. The van der Waals surface area contributed by atoms with E-state index in [4.69, 9.17) is 54.3 Å². The van der Waals surface area contributed by atoms with Crippen molar-refractivity contribution in [3.05, 3.63) is 0 Å². The topological polar surface area (TPSA) is 253 Å². The Kier molecular flexibility index (Phi) is 17.3. The van der Waals surface area contributed by atoms with Crippen LogP contribution in [0.15, 0.2) is 0 Å². The summed E-state index contributed by atoms with van der Waals surface area (Å²) in [5.41, 5.74) is 19.7. The Morgan fingerprint density at radius 3 is 1.13 bits per heavy atom. The normalized spacial score (nSPS) is 20.4. The molecule has 0 amide bonds. The first kappa shape index (κ1) is 21.0. The smallest absolute Gasteiger partial charge is 0.320 e. The number of hydrogen-bond acceptors (Lipinski definition) is 8. The van der Waals surface area contributed by atoms with E-state index in [2.05, 4.69) is 0 Å². The minimum Gasteiger partial charge on any atom is -0.480 e. The molecule has 0 spiro atoms. The maximum atomic E-state index is 10.1. The van der Waals surface area contributed by atoms with E-state index in [1.165, 1.54) is 6.92 Å². The zero-order chi connectivity index (χ0) is 31.4. The lowest BCUT2D eigenvalue weighted by atomic mass is 10.2. The van der Waals surface area contributed by atoms with Crippen molar-refractivity contribution in [3.63, 3.8) is 0 Å². The third kappa shape index (κ3) is 30.4. The molecule has 0 aromatic rings. The summed E-state index contributed by atoms with van der Waals surface area (Å²) in [5.74, 6) is -5.42. The zero-order valence-corrected chi connectivity index (χ0v) is 16.8. The highest BCUT2D eigenvalue weighted by molar-refractivity contribution is 5.73. The third-order valence-electron chi connectivity index (χ3n) is 2.47. The predicted molar refractivity (Wildman–Crippen MR) is 115 cm³/mol. The van der Waals surface area contributed by atoms with E-state index in [1.807, 2.05) is 0 Å². The summed E-state index contributed by atoms with van der Waals surface area (Å²) in [6.45, 7) is 4.94. The molecule has 4 atom stereocenters. The molecule has 0 aliphatic carbocycles. The van der Waals surface area contributed by atoms with Crippen molar-refractivity contribution >= 4 is 23.9 Å². The summed E-state index contributed by atoms with van der Waals surface area (Å²) >= 11 is 0. The van der Waals surface area contributed by atoms with Gasteiger partial charge in [-0.25, -0.2) is 0 Å². The summed E-state index contributed by atoms with van der Waals surface area (Å²) < 4.78 is 54.9. The van der Waals surface area contributed by atoms with Crippen LogP contribution in [0, 0.1) is 0 Å². The van der Waals surface area contributed by atoms with Crippen LogP contribution in [0.4, 0.5) is 0 Å². The van der Waals surface area contributed by atoms with Crippen molar-refractivity contribution in [2.24, 2.45) is 22.9 Å². The van der Waals surface area contributed by atoms with Gasteiger partial charge in [0.05, 0.1) is 2.74 Å².